The molecule has 0 atom stereocenters. The van der Waals surface area contributed by atoms with Gasteiger partial charge in [0.25, 0.3) is 0 Å². The molecule has 1 rings (SSSR count). The van der Waals surface area contributed by atoms with Gasteiger partial charge in [-0.1, -0.05) is 18.7 Å². The molecule has 1 aromatic rings. The van der Waals surface area contributed by atoms with Crippen molar-refractivity contribution < 1.29 is 0 Å². The molecule has 0 aromatic carbocycles. The molecule has 0 spiro atoms. The van der Waals surface area contributed by atoms with Gasteiger partial charge in [0, 0.05) is 18.4 Å². The Morgan fingerprint density at radius 2 is 2.17 bits per heavy atom. The summed E-state index contributed by atoms with van der Waals surface area (Å²) in [6, 6.07) is 2.14. The Morgan fingerprint density at radius 1 is 1.50 bits per heavy atom. The number of hydrogen-bond donors (Lipinski definition) is 0. The van der Waals surface area contributed by atoms with Crippen LogP contribution in [0.3, 0.4) is 0 Å². The van der Waals surface area contributed by atoms with Crippen molar-refractivity contribution >= 4 is 12.2 Å². The highest BCUT2D eigenvalue weighted by atomic mass is 14.9. The van der Waals surface area contributed by atoms with Crippen LogP contribution < -0.4 is 0 Å². The summed E-state index contributed by atoms with van der Waals surface area (Å²) in [6.07, 6.45) is 6.04. The molecule has 1 nitrogen and oxygen atoms in total. The van der Waals surface area contributed by atoms with Gasteiger partial charge in [0.15, 0.2) is 0 Å². The van der Waals surface area contributed by atoms with E-state index in [9.17, 15) is 0 Å². The van der Waals surface area contributed by atoms with Gasteiger partial charge in [-0.2, -0.15) is 0 Å². The maximum atomic E-state index is 3.78. The number of rotatable bonds is 2. The fourth-order valence-electron chi connectivity index (χ4n) is 1.31. The minimum Gasteiger partial charge on any atom is -0.348 e. The van der Waals surface area contributed by atoms with Crippen LogP contribution in [0.5, 0.6) is 0 Å². The van der Waals surface area contributed by atoms with Crippen LogP contribution in [-0.2, 0) is 7.05 Å². The first-order valence-electron chi connectivity index (χ1n) is 4.12. The maximum Gasteiger partial charge on any atom is 0.0476 e. The molecule has 0 aliphatic rings. The Hall–Kier alpha value is -1.24. The lowest BCUT2D eigenvalue weighted by Crippen LogP contribution is -1.93. The van der Waals surface area contributed by atoms with E-state index in [-0.39, 0.29) is 0 Å². The lowest BCUT2D eigenvalue weighted by Gasteiger charge is -2.00. The summed E-state index contributed by atoms with van der Waals surface area (Å²) < 4.78 is 2.16. The first-order chi connectivity index (χ1) is 5.70. The smallest absolute Gasteiger partial charge is 0.0476 e. The summed E-state index contributed by atoms with van der Waals surface area (Å²) in [5.74, 6) is 0. The van der Waals surface area contributed by atoms with Crippen molar-refractivity contribution in [2.45, 2.75) is 13.8 Å². The molecule has 0 aliphatic heterocycles. The van der Waals surface area contributed by atoms with Crippen LogP contribution in [0.25, 0.3) is 12.2 Å². The number of nitrogens with zero attached hydrogens (tertiary/aromatic N) is 1. The number of aromatic nitrogens is 1. The molecule has 0 saturated heterocycles. The third-order valence-corrected chi connectivity index (χ3v) is 2.10. The number of allylic oxidation sites excluding steroid dienone is 1. The maximum absolute atomic E-state index is 3.78. The summed E-state index contributed by atoms with van der Waals surface area (Å²) in [4.78, 5) is 0. The van der Waals surface area contributed by atoms with Gasteiger partial charge in [-0.3, -0.25) is 0 Å². The van der Waals surface area contributed by atoms with Gasteiger partial charge in [-0.05, 0) is 31.6 Å². The molecule has 64 valence electrons. The molecule has 1 heteroatoms. The van der Waals surface area contributed by atoms with E-state index in [2.05, 4.69) is 37.3 Å². The zero-order valence-electron chi connectivity index (χ0n) is 7.96. The lowest BCUT2D eigenvalue weighted by atomic mass is 10.2. The van der Waals surface area contributed by atoms with Gasteiger partial charge in [-0.15, -0.1) is 0 Å². The van der Waals surface area contributed by atoms with Crippen LogP contribution in [-0.4, -0.2) is 4.57 Å². The van der Waals surface area contributed by atoms with Crippen molar-refractivity contribution in [1.29, 1.82) is 0 Å². The Kier molecular flexibility index (Phi) is 2.54. The average Bonchev–Trinajstić information content (AvgIpc) is 2.33. The Bertz CT molecular complexity index is 316. The van der Waals surface area contributed by atoms with Crippen molar-refractivity contribution in [1.82, 2.24) is 4.57 Å². The summed E-state index contributed by atoms with van der Waals surface area (Å²) in [5.41, 5.74) is 3.69. The highest BCUT2D eigenvalue weighted by molar-refractivity contribution is 5.63. The van der Waals surface area contributed by atoms with Crippen molar-refractivity contribution in [3.8, 4) is 0 Å². The normalized spacial score (nSPS) is 10.9. The van der Waals surface area contributed by atoms with E-state index in [0.29, 0.717) is 0 Å². The second-order valence-electron chi connectivity index (χ2n) is 2.89. The van der Waals surface area contributed by atoms with E-state index in [4.69, 9.17) is 0 Å². The van der Waals surface area contributed by atoms with Crippen molar-refractivity contribution in [2.24, 2.45) is 7.05 Å². The zero-order chi connectivity index (χ0) is 9.14. The number of aryl methyl sites for hydroxylation is 1. The molecule has 0 amide bonds. The van der Waals surface area contributed by atoms with Crippen molar-refractivity contribution in [3.05, 3.63) is 35.7 Å². The molecule has 1 heterocycles. The second-order valence-corrected chi connectivity index (χ2v) is 2.89. The van der Waals surface area contributed by atoms with Crippen LogP contribution in [0.15, 0.2) is 18.7 Å². The molecule has 0 aliphatic carbocycles. The first-order valence-corrected chi connectivity index (χ1v) is 4.12. The van der Waals surface area contributed by atoms with Crippen LogP contribution in [0.2, 0.25) is 0 Å². The van der Waals surface area contributed by atoms with E-state index >= 15 is 0 Å². The molecule has 0 bridgehead atoms. The van der Waals surface area contributed by atoms with Crippen molar-refractivity contribution in [2.75, 3.05) is 0 Å². The van der Waals surface area contributed by atoms with Crippen LogP contribution in [0.4, 0.5) is 0 Å². The molecule has 0 radical (unpaired) electrons. The summed E-state index contributed by atoms with van der Waals surface area (Å²) in [7, 11) is 2.07. The summed E-state index contributed by atoms with van der Waals surface area (Å²) in [6.45, 7) is 7.90. The van der Waals surface area contributed by atoms with E-state index in [1.165, 1.54) is 17.0 Å². The standard InChI is InChI=1S/C11H15N/c1-5-7-11-10(6-2)8-9(3)12(11)4/h5-8H,2H2,1,3-4H3/b7-5-. The average molecular weight is 161 g/mol. The summed E-state index contributed by atoms with van der Waals surface area (Å²) in [5, 5.41) is 0. The molecule has 0 N–H and O–H groups in total. The Morgan fingerprint density at radius 3 is 2.67 bits per heavy atom. The topological polar surface area (TPSA) is 4.93 Å². The van der Waals surface area contributed by atoms with Crippen molar-refractivity contribution in [3.63, 3.8) is 0 Å². The third kappa shape index (κ3) is 1.35. The second kappa shape index (κ2) is 3.44. The SMILES string of the molecule is C=Cc1cc(C)n(C)c1/C=C\C. The van der Waals surface area contributed by atoms with Gasteiger partial charge in [0.05, 0.1) is 0 Å². The van der Waals surface area contributed by atoms with Gasteiger partial charge in [-0.25, -0.2) is 0 Å². The predicted molar refractivity (Wildman–Crippen MR) is 54.9 cm³/mol. The highest BCUT2D eigenvalue weighted by Crippen LogP contribution is 2.16. The molecular formula is C11H15N. The lowest BCUT2D eigenvalue weighted by molar-refractivity contribution is 0.871. The molecule has 0 saturated carbocycles. The van der Waals surface area contributed by atoms with E-state index in [1.807, 2.05) is 19.1 Å². The van der Waals surface area contributed by atoms with E-state index < -0.39 is 0 Å². The van der Waals surface area contributed by atoms with E-state index in [0.717, 1.165) is 0 Å². The molecule has 0 unspecified atom stereocenters. The van der Waals surface area contributed by atoms with Gasteiger partial charge < -0.3 is 4.57 Å². The Balaban J connectivity index is 3.30. The monoisotopic (exact) mass is 161 g/mol. The largest absolute Gasteiger partial charge is 0.348 e. The zero-order valence-corrected chi connectivity index (χ0v) is 7.96. The number of hydrogen-bond acceptors (Lipinski definition) is 0. The third-order valence-electron chi connectivity index (χ3n) is 2.10. The predicted octanol–water partition coefficient (Wildman–Crippen LogP) is 3.01. The molecular weight excluding hydrogens is 146 g/mol. The van der Waals surface area contributed by atoms with E-state index in [1.54, 1.807) is 0 Å². The van der Waals surface area contributed by atoms with Crippen LogP contribution >= 0.6 is 0 Å². The molecule has 12 heavy (non-hydrogen) atoms. The fraction of sp³-hybridized carbons (Fsp3) is 0.273. The van der Waals surface area contributed by atoms with Crippen LogP contribution in [0, 0.1) is 6.92 Å². The van der Waals surface area contributed by atoms with Gasteiger partial charge in [0.1, 0.15) is 0 Å². The summed E-state index contributed by atoms with van der Waals surface area (Å²) >= 11 is 0. The Labute approximate surface area is 74.0 Å². The van der Waals surface area contributed by atoms with Crippen LogP contribution in [0.1, 0.15) is 23.9 Å². The van der Waals surface area contributed by atoms with Gasteiger partial charge in [0.2, 0.25) is 0 Å². The minimum atomic E-state index is 1.20. The minimum absolute atomic E-state index is 1.20. The highest BCUT2D eigenvalue weighted by Gasteiger charge is 2.02. The quantitative estimate of drug-likeness (QED) is 0.628. The molecule has 0 fully saturated rings. The fourth-order valence-corrected chi connectivity index (χ4v) is 1.31. The first kappa shape index (κ1) is 8.85. The molecule has 1 aromatic heterocycles. The van der Waals surface area contributed by atoms with Gasteiger partial charge >= 0.3 is 0 Å².